The molecule has 3 heteroatoms. The summed E-state index contributed by atoms with van der Waals surface area (Å²) in [5, 5.41) is 16.8. The molecule has 0 aliphatic heterocycles. The number of rotatable bonds is 5. The Kier molecular flexibility index (Phi) is 3.87. The predicted octanol–water partition coefficient (Wildman–Crippen LogP) is 3.54. The lowest BCUT2D eigenvalue weighted by Gasteiger charge is -2.26. The number of benzene rings is 1. The van der Waals surface area contributed by atoms with Gasteiger partial charge in [-0.25, -0.2) is 0 Å². The van der Waals surface area contributed by atoms with Gasteiger partial charge in [-0.2, -0.15) is 0 Å². The van der Waals surface area contributed by atoms with Gasteiger partial charge in [0.25, 0.3) is 0 Å². The lowest BCUT2D eigenvalue weighted by Crippen LogP contribution is -2.34. The summed E-state index contributed by atoms with van der Waals surface area (Å²) in [6, 6.07) is 8.57. The molecule has 0 amide bonds. The van der Waals surface area contributed by atoms with Crippen molar-refractivity contribution >= 4 is 21.4 Å². The van der Waals surface area contributed by atoms with E-state index in [9.17, 15) is 5.11 Å². The van der Waals surface area contributed by atoms with Crippen molar-refractivity contribution in [2.45, 2.75) is 32.2 Å². The molecule has 2 N–H and O–H groups in total. The molecule has 1 saturated carbocycles. The number of fused-ring (bicyclic) bond motifs is 1. The van der Waals surface area contributed by atoms with Gasteiger partial charge in [0.05, 0.1) is 0 Å². The van der Waals surface area contributed by atoms with Crippen molar-refractivity contribution < 1.29 is 5.11 Å². The van der Waals surface area contributed by atoms with Crippen LogP contribution in [0.25, 0.3) is 10.1 Å². The van der Waals surface area contributed by atoms with Gasteiger partial charge in [-0.1, -0.05) is 31.0 Å². The van der Waals surface area contributed by atoms with Gasteiger partial charge in [-0.3, -0.25) is 0 Å². The molecular formula is C16H21NOS. The van der Waals surface area contributed by atoms with Crippen LogP contribution in [0.1, 0.15) is 31.2 Å². The summed E-state index contributed by atoms with van der Waals surface area (Å²) in [6.07, 6.45) is 4.87. The summed E-state index contributed by atoms with van der Waals surface area (Å²) >= 11 is 1.81. The molecule has 3 rings (SSSR count). The van der Waals surface area contributed by atoms with Crippen molar-refractivity contribution in [1.82, 2.24) is 5.32 Å². The van der Waals surface area contributed by atoms with Crippen LogP contribution in [0.4, 0.5) is 0 Å². The van der Waals surface area contributed by atoms with Gasteiger partial charge in [-0.05, 0) is 35.2 Å². The highest BCUT2D eigenvalue weighted by atomic mass is 32.1. The monoisotopic (exact) mass is 275 g/mol. The minimum Gasteiger partial charge on any atom is -0.396 e. The molecule has 1 fully saturated rings. The standard InChI is InChI=1S/C16H21NOS/c18-12-16(7-3-4-8-16)11-17-9-13-10-19-15-6-2-1-5-14(13)15/h1-2,5-6,10,17-18H,3-4,7-9,11-12H2. The second-order valence-corrected chi connectivity index (χ2v) is 6.64. The molecule has 1 aromatic heterocycles. The molecule has 0 bridgehead atoms. The van der Waals surface area contributed by atoms with E-state index in [1.807, 2.05) is 11.3 Å². The second-order valence-electron chi connectivity index (χ2n) is 5.73. The van der Waals surface area contributed by atoms with Gasteiger partial charge < -0.3 is 10.4 Å². The lowest BCUT2D eigenvalue weighted by molar-refractivity contribution is 0.128. The molecule has 19 heavy (non-hydrogen) atoms. The minimum atomic E-state index is 0.145. The molecule has 1 aliphatic carbocycles. The van der Waals surface area contributed by atoms with Crippen molar-refractivity contribution in [2.24, 2.45) is 5.41 Å². The first-order valence-electron chi connectivity index (χ1n) is 7.10. The molecule has 0 radical (unpaired) electrons. The van der Waals surface area contributed by atoms with Gasteiger partial charge in [-0.15, -0.1) is 11.3 Å². The molecule has 2 nitrogen and oxygen atoms in total. The van der Waals surface area contributed by atoms with Crippen LogP contribution in [0.15, 0.2) is 29.6 Å². The molecule has 1 heterocycles. The Labute approximate surface area is 118 Å². The lowest BCUT2D eigenvalue weighted by atomic mass is 9.87. The second kappa shape index (κ2) is 5.61. The maximum atomic E-state index is 9.61. The number of aliphatic hydroxyl groups excluding tert-OH is 1. The Morgan fingerprint density at radius 1 is 1.21 bits per heavy atom. The molecule has 0 saturated heterocycles. The van der Waals surface area contributed by atoms with Gasteiger partial charge in [0, 0.05) is 29.8 Å². The topological polar surface area (TPSA) is 32.3 Å². The first-order chi connectivity index (χ1) is 9.33. The third kappa shape index (κ3) is 2.69. The van der Waals surface area contributed by atoms with E-state index in [-0.39, 0.29) is 5.41 Å². The van der Waals surface area contributed by atoms with Crippen LogP contribution in [0.3, 0.4) is 0 Å². The third-order valence-corrected chi connectivity index (χ3v) is 5.39. The molecule has 102 valence electrons. The Morgan fingerprint density at radius 2 is 2.00 bits per heavy atom. The number of hydrogen-bond acceptors (Lipinski definition) is 3. The van der Waals surface area contributed by atoms with Crippen LogP contribution in [0, 0.1) is 5.41 Å². The average molecular weight is 275 g/mol. The van der Waals surface area contributed by atoms with Crippen molar-refractivity contribution in [3.05, 3.63) is 35.2 Å². The number of nitrogens with one attached hydrogen (secondary N) is 1. The Morgan fingerprint density at radius 3 is 2.79 bits per heavy atom. The first kappa shape index (κ1) is 13.1. The molecule has 0 spiro atoms. The van der Waals surface area contributed by atoms with Gasteiger partial charge in [0.2, 0.25) is 0 Å². The molecule has 2 aromatic rings. The highest BCUT2D eigenvalue weighted by Gasteiger charge is 2.32. The quantitative estimate of drug-likeness (QED) is 0.874. The summed E-state index contributed by atoms with van der Waals surface area (Å²) in [7, 11) is 0. The van der Waals surface area contributed by atoms with E-state index in [0.29, 0.717) is 6.61 Å². The van der Waals surface area contributed by atoms with Crippen molar-refractivity contribution in [2.75, 3.05) is 13.2 Å². The zero-order valence-corrected chi connectivity index (χ0v) is 12.0. The molecular weight excluding hydrogens is 254 g/mol. The summed E-state index contributed by atoms with van der Waals surface area (Å²) < 4.78 is 1.36. The fourth-order valence-corrected chi connectivity index (χ4v) is 4.11. The average Bonchev–Trinajstić information content (AvgIpc) is 3.07. The normalized spacial score (nSPS) is 18.2. The predicted molar refractivity (Wildman–Crippen MR) is 81.5 cm³/mol. The fourth-order valence-electron chi connectivity index (χ4n) is 3.15. The van der Waals surface area contributed by atoms with Crippen LogP contribution in [-0.2, 0) is 6.54 Å². The molecule has 1 aliphatic rings. The summed E-state index contributed by atoms with van der Waals surface area (Å²) in [6.45, 7) is 2.17. The highest BCUT2D eigenvalue weighted by molar-refractivity contribution is 7.17. The molecule has 0 atom stereocenters. The SMILES string of the molecule is OCC1(CNCc2csc3ccccc23)CCCC1. The smallest absolute Gasteiger partial charge is 0.0499 e. The van der Waals surface area contributed by atoms with E-state index < -0.39 is 0 Å². The molecule has 1 aromatic carbocycles. The zero-order valence-electron chi connectivity index (χ0n) is 11.2. The summed E-state index contributed by atoms with van der Waals surface area (Å²) in [4.78, 5) is 0. The number of aliphatic hydroxyl groups is 1. The van der Waals surface area contributed by atoms with Gasteiger partial charge in [0.1, 0.15) is 0 Å². The fraction of sp³-hybridized carbons (Fsp3) is 0.500. The molecule has 0 unspecified atom stereocenters. The van der Waals surface area contributed by atoms with E-state index in [1.165, 1.54) is 41.3 Å². The van der Waals surface area contributed by atoms with Crippen LogP contribution in [0.5, 0.6) is 0 Å². The van der Waals surface area contributed by atoms with Crippen LogP contribution >= 0.6 is 11.3 Å². The van der Waals surface area contributed by atoms with Crippen molar-refractivity contribution in [1.29, 1.82) is 0 Å². The van der Waals surface area contributed by atoms with Gasteiger partial charge >= 0.3 is 0 Å². The number of hydrogen-bond donors (Lipinski definition) is 2. The van der Waals surface area contributed by atoms with E-state index in [1.54, 1.807) is 0 Å². The zero-order chi connectivity index (χ0) is 13.1. The van der Waals surface area contributed by atoms with Crippen LogP contribution < -0.4 is 5.32 Å². The van der Waals surface area contributed by atoms with Crippen molar-refractivity contribution in [3.63, 3.8) is 0 Å². The number of thiophene rings is 1. The largest absolute Gasteiger partial charge is 0.396 e. The maximum Gasteiger partial charge on any atom is 0.0499 e. The first-order valence-corrected chi connectivity index (χ1v) is 7.98. The third-order valence-electron chi connectivity index (χ3n) is 4.38. The van der Waals surface area contributed by atoms with Crippen molar-refractivity contribution in [3.8, 4) is 0 Å². The Bertz CT molecular complexity index is 542. The van der Waals surface area contributed by atoms with Crippen LogP contribution in [-0.4, -0.2) is 18.3 Å². The Hall–Kier alpha value is -0.900. The van der Waals surface area contributed by atoms with Gasteiger partial charge in [0.15, 0.2) is 0 Å². The summed E-state index contributed by atoms with van der Waals surface area (Å²) in [5.74, 6) is 0. The van der Waals surface area contributed by atoms with Crippen LogP contribution in [0.2, 0.25) is 0 Å². The van der Waals surface area contributed by atoms with E-state index >= 15 is 0 Å². The maximum absolute atomic E-state index is 9.61. The van der Waals surface area contributed by atoms with E-state index in [4.69, 9.17) is 0 Å². The Balaban J connectivity index is 1.63. The minimum absolute atomic E-state index is 0.145. The van der Waals surface area contributed by atoms with E-state index in [0.717, 1.165) is 13.1 Å². The van der Waals surface area contributed by atoms with E-state index in [2.05, 4.69) is 35.0 Å². The highest BCUT2D eigenvalue weighted by Crippen LogP contribution is 2.37. The summed E-state index contributed by atoms with van der Waals surface area (Å²) in [5.41, 5.74) is 1.53.